The van der Waals surface area contributed by atoms with Crippen LogP contribution in [0.4, 0.5) is 0 Å². The van der Waals surface area contributed by atoms with Gasteiger partial charge in [0.05, 0.1) is 0 Å². The number of halogens is 1. The van der Waals surface area contributed by atoms with Crippen molar-refractivity contribution < 1.29 is 4.79 Å². The molecule has 0 unspecified atom stereocenters. The lowest BCUT2D eigenvalue weighted by atomic mass is 9.99. The average Bonchev–Trinajstić information content (AvgIpc) is 2.17. The number of alkyl halides is 1. The van der Waals surface area contributed by atoms with E-state index in [0.29, 0.717) is 12.3 Å². The van der Waals surface area contributed by atoms with Crippen LogP contribution in [0.1, 0.15) is 36.2 Å². The predicted molar refractivity (Wildman–Crippen MR) is 67.7 cm³/mol. The maximum Gasteiger partial charge on any atom is 0.163 e. The van der Waals surface area contributed by atoms with E-state index in [4.69, 9.17) is 0 Å². The minimum atomic E-state index is 0.220. The van der Waals surface area contributed by atoms with E-state index >= 15 is 0 Å². The summed E-state index contributed by atoms with van der Waals surface area (Å²) in [5, 5.41) is 0.736. The number of hydrogen-bond donors (Lipinski definition) is 0. The molecular formula is C13H17BrO. The van der Waals surface area contributed by atoms with E-state index in [2.05, 4.69) is 35.8 Å². The minimum Gasteiger partial charge on any atom is -0.294 e. The molecule has 1 aromatic rings. The maximum absolute atomic E-state index is 11.7. The second kappa shape index (κ2) is 6.06. The van der Waals surface area contributed by atoms with Crippen molar-refractivity contribution in [2.24, 2.45) is 5.92 Å². The molecule has 0 spiro atoms. The molecule has 0 atom stereocenters. The lowest BCUT2D eigenvalue weighted by molar-refractivity contribution is 0.0989. The number of Topliss-reactive ketones (excluding diaryl/α,β-unsaturated/α-hetero) is 1. The first-order chi connectivity index (χ1) is 7.13. The molecule has 0 aliphatic heterocycles. The minimum absolute atomic E-state index is 0.220. The first-order valence-electron chi connectivity index (χ1n) is 5.31. The number of benzene rings is 1. The molecule has 0 amide bonds. The van der Waals surface area contributed by atoms with Crippen LogP contribution in [-0.2, 0) is 6.42 Å². The first kappa shape index (κ1) is 12.4. The molecule has 0 bridgehead atoms. The van der Waals surface area contributed by atoms with Gasteiger partial charge in [-0.3, -0.25) is 4.79 Å². The highest BCUT2D eigenvalue weighted by atomic mass is 79.9. The Labute approximate surface area is 100 Å². The molecule has 0 aliphatic carbocycles. The Morgan fingerprint density at radius 1 is 1.40 bits per heavy atom. The Morgan fingerprint density at radius 3 is 2.73 bits per heavy atom. The van der Waals surface area contributed by atoms with Crippen LogP contribution in [-0.4, -0.2) is 11.1 Å². The normalized spacial score (nSPS) is 10.7. The van der Waals surface area contributed by atoms with Crippen LogP contribution >= 0.6 is 15.9 Å². The van der Waals surface area contributed by atoms with Gasteiger partial charge >= 0.3 is 0 Å². The summed E-state index contributed by atoms with van der Waals surface area (Å²) in [5.74, 6) is 0.851. The second-order valence-corrected chi connectivity index (χ2v) is 4.95. The van der Waals surface area contributed by atoms with Crippen LogP contribution in [0.15, 0.2) is 24.3 Å². The Balaban J connectivity index is 2.78. The third-order valence-electron chi connectivity index (χ3n) is 2.21. The molecule has 0 saturated heterocycles. The smallest absolute Gasteiger partial charge is 0.163 e. The van der Waals surface area contributed by atoms with Gasteiger partial charge in [0.25, 0.3) is 0 Å². The Kier molecular flexibility index (Phi) is 5.03. The van der Waals surface area contributed by atoms with Gasteiger partial charge in [0, 0.05) is 17.3 Å². The predicted octanol–water partition coefficient (Wildman–Crippen LogP) is 3.85. The van der Waals surface area contributed by atoms with Gasteiger partial charge in [-0.2, -0.15) is 0 Å². The van der Waals surface area contributed by atoms with Crippen molar-refractivity contribution in [3.8, 4) is 0 Å². The van der Waals surface area contributed by atoms with Crippen LogP contribution in [0.5, 0.6) is 0 Å². The molecule has 0 aromatic heterocycles. The number of rotatable bonds is 5. The molecule has 0 fully saturated rings. The molecule has 15 heavy (non-hydrogen) atoms. The number of ketones is 1. The largest absolute Gasteiger partial charge is 0.294 e. The summed E-state index contributed by atoms with van der Waals surface area (Å²) in [6.07, 6.45) is 1.61. The lowest BCUT2D eigenvalue weighted by Gasteiger charge is -2.06. The molecule has 0 N–H and O–H groups in total. The zero-order valence-electron chi connectivity index (χ0n) is 9.29. The van der Waals surface area contributed by atoms with E-state index in [1.165, 1.54) is 5.56 Å². The summed E-state index contributed by atoms with van der Waals surface area (Å²) < 4.78 is 0. The third-order valence-corrected chi connectivity index (χ3v) is 2.61. The lowest BCUT2D eigenvalue weighted by Crippen LogP contribution is -2.01. The highest BCUT2D eigenvalue weighted by Crippen LogP contribution is 2.12. The molecule has 0 radical (unpaired) electrons. The summed E-state index contributed by atoms with van der Waals surface area (Å²) in [7, 11) is 0. The van der Waals surface area contributed by atoms with Gasteiger partial charge in [-0.05, 0) is 24.0 Å². The van der Waals surface area contributed by atoms with Gasteiger partial charge in [-0.15, -0.1) is 0 Å². The number of carbonyl (C=O) groups excluding carboxylic acids is 1. The Hall–Kier alpha value is -0.630. The molecule has 0 heterocycles. The van der Waals surface area contributed by atoms with Crippen molar-refractivity contribution in [2.45, 2.75) is 26.7 Å². The summed E-state index contributed by atoms with van der Waals surface area (Å²) in [6.45, 7) is 4.37. The fraction of sp³-hybridized carbons (Fsp3) is 0.462. The topological polar surface area (TPSA) is 17.1 Å². The maximum atomic E-state index is 11.7. The van der Waals surface area contributed by atoms with Crippen LogP contribution in [0.3, 0.4) is 0 Å². The highest BCUT2D eigenvalue weighted by molar-refractivity contribution is 9.09. The van der Waals surface area contributed by atoms with E-state index in [0.717, 1.165) is 17.3 Å². The van der Waals surface area contributed by atoms with Gasteiger partial charge in [0.1, 0.15) is 0 Å². The van der Waals surface area contributed by atoms with Crippen molar-refractivity contribution in [3.63, 3.8) is 0 Å². The molecule has 0 saturated carbocycles. The van der Waals surface area contributed by atoms with Crippen LogP contribution in [0.25, 0.3) is 0 Å². The molecule has 82 valence electrons. The van der Waals surface area contributed by atoms with E-state index < -0.39 is 0 Å². The zero-order valence-corrected chi connectivity index (χ0v) is 10.9. The van der Waals surface area contributed by atoms with E-state index in [1.54, 1.807) is 0 Å². The molecule has 2 heteroatoms. The van der Waals surface area contributed by atoms with E-state index in [-0.39, 0.29) is 5.78 Å². The zero-order chi connectivity index (χ0) is 11.3. The van der Waals surface area contributed by atoms with Gasteiger partial charge in [0.2, 0.25) is 0 Å². The number of hydrogen-bond acceptors (Lipinski definition) is 1. The van der Waals surface area contributed by atoms with Gasteiger partial charge in [0.15, 0.2) is 5.78 Å². The Morgan fingerprint density at radius 2 is 2.13 bits per heavy atom. The highest BCUT2D eigenvalue weighted by Gasteiger charge is 2.06. The summed E-state index contributed by atoms with van der Waals surface area (Å²) in [6, 6.07) is 7.98. The van der Waals surface area contributed by atoms with Gasteiger partial charge in [-0.25, -0.2) is 0 Å². The average molecular weight is 269 g/mol. The molecule has 1 nitrogen and oxygen atoms in total. The van der Waals surface area contributed by atoms with E-state index in [9.17, 15) is 4.79 Å². The van der Waals surface area contributed by atoms with Crippen LogP contribution < -0.4 is 0 Å². The fourth-order valence-corrected chi connectivity index (χ4v) is 1.93. The summed E-state index contributed by atoms with van der Waals surface area (Å²) in [5.41, 5.74) is 2.10. The monoisotopic (exact) mass is 268 g/mol. The van der Waals surface area contributed by atoms with Gasteiger partial charge in [-0.1, -0.05) is 48.0 Å². The summed E-state index contributed by atoms with van der Waals surface area (Å²) >= 11 is 3.29. The van der Waals surface area contributed by atoms with Crippen molar-refractivity contribution in [2.75, 3.05) is 5.33 Å². The van der Waals surface area contributed by atoms with Crippen LogP contribution in [0, 0.1) is 5.92 Å². The molecular weight excluding hydrogens is 252 g/mol. The van der Waals surface area contributed by atoms with Crippen molar-refractivity contribution >= 4 is 21.7 Å². The third kappa shape index (κ3) is 4.17. The van der Waals surface area contributed by atoms with Crippen molar-refractivity contribution in [1.29, 1.82) is 0 Å². The first-order valence-corrected chi connectivity index (χ1v) is 6.43. The molecule has 1 aromatic carbocycles. The van der Waals surface area contributed by atoms with Crippen molar-refractivity contribution in [3.05, 3.63) is 35.4 Å². The van der Waals surface area contributed by atoms with E-state index in [1.807, 2.05) is 18.2 Å². The van der Waals surface area contributed by atoms with Crippen molar-refractivity contribution in [1.82, 2.24) is 0 Å². The fourth-order valence-electron chi connectivity index (χ4n) is 1.57. The Bertz CT molecular complexity index is 331. The quantitative estimate of drug-likeness (QED) is 0.586. The SMILES string of the molecule is CC(C)Cc1cccc(C(=O)CCBr)c1. The van der Waals surface area contributed by atoms with Crippen LogP contribution in [0.2, 0.25) is 0 Å². The second-order valence-electron chi connectivity index (χ2n) is 4.16. The van der Waals surface area contributed by atoms with Gasteiger partial charge < -0.3 is 0 Å². The standard InChI is InChI=1S/C13H17BrO/c1-10(2)8-11-4-3-5-12(9-11)13(15)6-7-14/h3-5,9-10H,6-8H2,1-2H3. The molecule has 0 aliphatic rings. The number of carbonyl (C=O) groups is 1. The summed E-state index contributed by atoms with van der Waals surface area (Å²) in [4.78, 5) is 11.7. The molecule has 1 rings (SSSR count).